The fraction of sp³-hybridized carbons (Fsp3) is 0.483. The Morgan fingerprint density at radius 2 is 1.76 bits per heavy atom. The van der Waals surface area contributed by atoms with Gasteiger partial charge in [0.2, 0.25) is 0 Å². The Morgan fingerprint density at radius 3 is 2.46 bits per heavy atom. The molecule has 8 heteroatoms. The lowest BCUT2D eigenvalue weighted by molar-refractivity contribution is 0.0240. The van der Waals surface area contributed by atoms with Gasteiger partial charge in [0.25, 0.3) is 5.56 Å². The fourth-order valence-corrected chi connectivity index (χ4v) is 6.58. The lowest BCUT2D eigenvalue weighted by Crippen LogP contribution is -2.50. The molecule has 1 amide bonds. The molecule has 6 rings (SSSR count). The van der Waals surface area contributed by atoms with Crippen molar-refractivity contribution in [1.82, 2.24) is 14.5 Å². The molecule has 194 valence electrons. The second-order valence-electron chi connectivity index (χ2n) is 11.5. The molecule has 0 radical (unpaired) electrons. The van der Waals surface area contributed by atoms with Crippen LogP contribution in [0.15, 0.2) is 41.2 Å². The number of benzene rings is 2. The highest BCUT2D eigenvalue weighted by atomic mass is 35.5. The predicted molar refractivity (Wildman–Crippen MR) is 146 cm³/mol. The molecule has 1 aliphatic carbocycles. The molecule has 37 heavy (non-hydrogen) atoms. The van der Waals surface area contributed by atoms with Crippen molar-refractivity contribution in [3.8, 4) is 5.69 Å². The average molecular weight is 521 g/mol. The van der Waals surface area contributed by atoms with Crippen molar-refractivity contribution in [2.75, 3.05) is 31.1 Å². The van der Waals surface area contributed by atoms with Gasteiger partial charge in [0.1, 0.15) is 11.4 Å². The van der Waals surface area contributed by atoms with Crippen LogP contribution in [0.3, 0.4) is 0 Å². The van der Waals surface area contributed by atoms with Crippen molar-refractivity contribution < 1.29 is 9.53 Å². The van der Waals surface area contributed by atoms with Gasteiger partial charge in [-0.25, -0.2) is 4.79 Å². The van der Waals surface area contributed by atoms with Gasteiger partial charge in [-0.2, -0.15) is 4.98 Å². The third-order valence-corrected chi connectivity index (χ3v) is 8.35. The zero-order chi connectivity index (χ0) is 25.9. The Hall–Kier alpha value is -3.06. The maximum atomic E-state index is 13.2. The predicted octanol–water partition coefficient (Wildman–Crippen LogP) is 5.66. The summed E-state index contributed by atoms with van der Waals surface area (Å²) in [5.74, 6) is 0.855. The number of carbonyl (C=O) groups is 1. The van der Waals surface area contributed by atoms with E-state index in [4.69, 9.17) is 16.3 Å². The largest absolute Gasteiger partial charge is 0.444 e. The SMILES string of the molecule is CC(C)(C)OC(=O)N1CCN(c2ccc3c(c2)C2(CCCCC2)c2nc(=O)c4c(Cl)cccc4n2-3)CC1. The van der Waals surface area contributed by atoms with Gasteiger partial charge in [-0.15, -0.1) is 0 Å². The van der Waals surface area contributed by atoms with Crippen LogP contribution in [0, 0.1) is 0 Å². The molecule has 0 bridgehead atoms. The first-order valence-electron chi connectivity index (χ1n) is 13.3. The van der Waals surface area contributed by atoms with E-state index in [1.165, 1.54) is 12.0 Å². The maximum Gasteiger partial charge on any atom is 0.410 e. The lowest BCUT2D eigenvalue weighted by Gasteiger charge is -2.38. The van der Waals surface area contributed by atoms with Crippen molar-refractivity contribution >= 4 is 34.3 Å². The number of halogens is 1. The number of carbonyl (C=O) groups excluding carboxylic acids is 1. The number of amides is 1. The summed E-state index contributed by atoms with van der Waals surface area (Å²) in [5, 5.41) is 0.921. The van der Waals surface area contributed by atoms with Crippen molar-refractivity contribution in [3.05, 3.63) is 63.2 Å². The molecule has 3 aromatic rings. The van der Waals surface area contributed by atoms with Crippen LogP contribution in [0.1, 0.15) is 64.3 Å². The molecule has 0 unspecified atom stereocenters. The minimum atomic E-state index is -0.498. The van der Waals surface area contributed by atoms with Gasteiger partial charge < -0.3 is 14.5 Å². The van der Waals surface area contributed by atoms with Crippen LogP contribution in [0.25, 0.3) is 16.6 Å². The molecule has 1 saturated heterocycles. The fourth-order valence-electron chi connectivity index (χ4n) is 6.33. The Kier molecular flexibility index (Phi) is 5.75. The number of piperazine rings is 1. The molecule has 1 spiro atoms. The monoisotopic (exact) mass is 520 g/mol. The molecule has 2 aliphatic heterocycles. The number of fused-ring (bicyclic) bond motifs is 7. The van der Waals surface area contributed by atoms with Crippen molar-refractivity contribution in [1.29, 1.82) is 0 Å². The van der Waals surface area contributed by atoms with Crippen LogP contribution in [-0.2, 0) is 10.2 Å². The minimum Gasteiger partial charge on any atom is -0.444 e. The van der Waals surface area contributed by atoms with E-state index in [1.54, 1.807) is 11.0 Å². The summed E-state index contributed by atoms with van der Waals surface area (Å²) >= 11 is 6.47. The van der Waals surface area contributed by atoms with Gasteiger partial charge in [-0.1, -0.05) is 36.9 Å². The first-order valence-corrected chi connectivity index (χ1v) is 13.7. The third kappa shape index (κ3) is 3.99. The molecular weight excluding hydrogens is 488 g/mol. The quantitative estimate of drug-likeness (QED) is 0.414. The average Bonchev–Trinajstić information content (AvgIpc) is 3.12. The third-order valence-electron chi connectivity index (χ3n) is 8.03. The second kappa shape index (κ2) is 8.76. The topological polar surface area (TPSA) is 67.7 Å². The Labute approximate surface area is 222 Å². The van der Waals surface area contributed by atoms with Gasteiger partial charge in [-0.05, 0) is 69.5 Å². The smallest absolute Gasteiger partial charge is 0.410 e. The molecular formula is C29H33ClN4O3. The van der Waals surface area contributed by atoms with E-state index >= 15 is 0 Å². The molecule has 1 saturated carbocycles. The van der Waals surface area contributed by atoms with Crippen molar-refractivity contribution in [2.45, 2.75) is 63.9 Å². The number of hydrogen-bond acceptors (Lipinski definition) is 5. The maximum absolute atomic E-state index is 13.2. The zero-order valence-corrected chi connectivity index (χ0v) is 22.5. The van der Waals surface area contributed by atoms with E-state index < -0.39 is 5.60 Å². The summed E-state index contributed by atoms with van der Waals surface area (Å²) in [4.78, 5) is 34.5. The van der Waals surface area contributed by atoms with Gasteiger partial charge in [0, 0.05) is 31.9 Å². The number of aromatic nitrogens is 2. The summed E-state index contributed by atoms with van der Waals surface area (Å²) in [6, 6.07) is 12.3. The van der Waals surface area contributed by atoms with Crippen LogP contribution in [0.4, 0.5) is 10.5 Å². The van der Waals surface area contributed by atoms with Crippen LogP contribution in [0.2, 0.25) is 5.02 Å². The highest BCUT2D eigenvalue weighted by Crippen LogP contribution is 2.52. The van der Waals surface area contributed by atoms with Crippen molar-refractivity contribution in [3.63, 3.8) is 0 Å². The Morgan fingerprint density at radius 1 is 1.03 bits per heavy atom. The summed E-state index contributed by atoms with van der Waals surface area (Å²) in [5.41, 5.74) is 3.30. The lowest BCUT2D eigenvalue weighted by atomic mass is 9.69. The summed E-state index contributed by atoms with van der Waals surface area (Å²) in [6.45, 7) is 8.41. The van der Waals surface area contributed by atoms with Crippen LogP contribution in [-0.4, -0.2) is 52.3 Å². The van der Waals surface area contributed by atoms with E-state index in [9.17, 15) is 9.59 Å². The minimum absolute atomic E-state index is 0.247. The number of nitrogens with zero attached hydrogens (tertiary/aromatic N) is 4. The van der Waals surface area contributed by atoms with Gasteiger partial charge >= 0.3 is 6.09 Å². The normalized spacial score (nSPS) is 18.7. The van der Waals surface area contributed by atoms with Crippen LogP contribution >= 0.6 is 11.6 Å². The number of rotatable bonds is 1. The van der Waals surface area contributed by atoms with Crippen LogP contribution in [0.5, 0.6) is 0 Å². The van der Waals surface area contributed by atoms with E-state index in [0.717, 1.165) is 61.5 Å². The molecule has 0 atom stereocenters. The highest BCUT2D eigenvalue weighted by Gasteiger charge is 2.46. The number of ether oxygens (including phenoxy) is 1. The van der Waals surface area contributed by atoms with Crippen molar-refractivity contribution in [2.24, 2.45) is 0 Å². The molecule has 2 aromatic carbocycles. The standard InChI is InChI=1S/C29H33ClN4O3/c1-28(2,3)37-27(36)33-16-14-32(15-17-33)19-10-11-22-20(18-19)29(12-5-4-6-13-29)26-31-25(35)24-21(30)8-7-9-23(24)34(22)26/h7-11,18H,4-6,12-17H2,1-3H3. The molecule has 3 heterocycles. The zero-order valence-electron chi connectivity index (χ0n) is 21.7. The summed E-state index contributed by atoms with van der Waals surface area (Å²) in [7, 11) is 0. The first kappa shape index (κ1) is 24.3. The summed E-state index contributed by atoms with van der Waals surface area (Å²) < 4.78 is 7.74. The van der Waals surface area contributed by atoms with E-state index in [-0.39, 0.29) is 17.1 Å². The van der Waals surface area contributed by atoms with E-state index in [0.29, 0.717) is 23.5 Å². The molecule has 7 nitrogen and oxygen atoms in total. The summed E-state index contributed by atoms with van der Waals surface area (Å²) in [6.07, 6.45) is 5.14. The second-order valence-corrected chi connectivity index (χ2v) is 11.9. The van der Waals surface area contributed by atoms with Gasteiger partial charge in [0.05, 0.1) is 27.0 Å². The number of anilines is 1. The number of hydrogen-bond donors (Lipinski definition) is 0. The first-order chi connectivity index (χ1) is 17.7. The molecule has 2 fully saturated rings. The van der Waals surface area contributed by atoms with E-state index in [1.807, 2.05) is 32.9 Å². The van der Waals surface area contributed by atoms with Gasteiger partial charge in [-0.3, -0.25) is 9.36 Å². The van der Waals surface area contributed by atoms with Gasteiger partial charge in [0.15, 0.2) is 0 Å². The molecule has 3 aliphatic rings. The van der Waals surface area contributed by atoms with Crippen LogP contribution < -0.4 is 10.5 Å². The molecule has 0 N–H and O–H groups in total. The Bertz CT molecular complexity index is 1440. The molecule has 1 aromatic heterocycles. The highest BCUT2D eigenvalue weighted by molar-refractivity contribution is 6.35. The Balaban J connectivity index is 1.38. The van der Waals surface area contributed by atoms with E-state index in [2.05, 4.69) is 32.7 Å².